The van der Waals surface area contributed by atoms with Crippen LogP contribution in [-0.2, 0) is 4.79 Å². The van der Waals surface area contributed by atoms with Crippen molar-refractivity contribution in [1.82, 2.24) is 4.90 Å². The molecule has 0 aliphatic rings. The summed E-state index contributed by atoms with van der Waals surface area (Å²) in [6, 6.07) is -0.331. The number of hydrazine groups is 1. The van der Waals surface area contributed by atoms with E-state index in [0.717, 1.165) is 5.75 Å². The molecule has 0 aliphatic heterocycles. The van der Waals surface area contributed by atoms with Gasteiger partial charge in [-0.15, -0.1) is 0 Å². The number of hydrogen-bond acceptors (Lipinski definition) is 5. The van der Waals surface area contributed by atoms with Gasteiger partial charge in [0.25, 0.3) is 0 Å². The summed E-state index contributed by atoms with van der Waals surface area (Å²) in [7, 11) is 3.58. The van der Waals surface area contributed by atoms with E-state index in [1.807, 2.05) is 6.26 Å². The zero-order valence-corrected chi connectivity index (χ0v) is 9.17. The molecule has 5 N–H and O–H groups in total. The number of carboxylic acids is 1. The summed E-state index contributed by atoms with van der Waals surface area (Å²) in [6.07, 6.45) is 2.69. The van der Waals surface area contributed by atoms with Gasteiger partial charge in [-0.3, -0.25) is 21.4 Å². The average molecular weight is 209 g/mol. The molecule has 0 bridgehead atoms. The molecule has 0 aliphatic carbocycles. The number of nitrogens with zero attached hydrogens (tertiary/aromatic N) is 1. The molecule has 5 nitrogen and oxygen atoms in total. The van der Waals surface area contributed by atoms with Crippen LogP contribution in [0.4, 0.5) is 0 Å². The van der Waals surface area contributed by atoms with Crippen molar-refractivity contribution in [3.8, 4) is 0 Å². The number of aliphatic carboxylic acids is 1. The zero-order chi connectivity index (χ0) is 10.9. The third kappa shape index (κ3) is 8.04. The lowest BCUT2D eigenvalue weighted by atomic mass is 10.2. The summed E-state index contributed by atoms with van der Waals surface area (Å²) in [4.78, 5) is 12.3. The monoisotopic (exact) mass is 209 g/mol. The topological polar surface area (TPSA) is 92.6 Å². The van der Waals surface area contributed by atoms with Crippen molar-refractivity contribution in [1.29, 1.82) is 0 Å². The molecule has 13 heavy (non-hydrogen) atoms. The third-order valence-corrected chi connectivity index (χ3v) is 2.15. The SMILES string of the molecule is CSCC[C@@H](C(=O)O)N(C)C.NN. The lowest BCUT2D eigenvalue weighted by molar-refractivity contribution is -0.142. The highest BCUT2D eigenvalue weighted by molar-refractivity contribution is 7.98. The van der Waals surface area contributed by atoms with Crippen LogP contribution in [0, 0.1) is 0 Å². The largest absolute Gasteiger partial charge is 0.480 e. The standard InChI is InChI=1S/C7H15NO2S.H4N2/c1-8(2)6(7(9)10)4-5-11-3;1-2/h6H,4-5H2,1-3H3,(H,9,10);1-2H2/t6-;/m0./s1. The number of rotatable bonds is 5. The number of likely N-dealkylation sites (N-methyl/N-ethyl adjacent to an activating group) is 1. The third-order valence-electron chi connectivity index (χ3n) is 1.50. The van der Waals surface area contributed by atoms with Gasteiger partial charge in [0.05, 0.1) is 0 Å². The quantitative estimate of drug-likeness (QED) is 0.420. The average Bonchev–Trinajstić information content (AvgIpc) is 2.07. The van der Waals surface area contributed by atoms with Gasteiger partial charge in [-0.05, 0) is 32.5 Å². The maximum absolute atomic E-state index is 10.6. The van der Waals surface area contributed by atoms with Crippen molar-refractivity contribution in [3.05, 3.63) is 0 Å². The molecule has 0 fully saturated rings. The Hall–Kier alpha value is -0.300. The molecule has 0 aromatic heterocycles. The Morgan fingerprint density at radius 2 is 2.00 bits per heavy atom. The number of carbonyl (C=O) groups is 1. The first-order valence-electron chi connectivity index (χ1n) is 3.81. The van der Waals surface area contributed by atoms with Crippen LogP contribution in [0.15, 0.2) is 0 Å². The van der Waals surface area contributed by atoms with E-state index in [1.165, 1.54) is 0 Å². The molecule has 0 spiro atoms. The molecule has 0 unspecified atom stereocenters. The molecular formula is C7H19N3O2S. The van der Waals surface area contributed by atoms with Crippen molar-refractivity contribution in [2.24, 2.45) is 11.7 Å². The fourth-order valence-electron chi connectivity index (χ4n) is 0.832. The van der Waals surface area contributed by atoms with Gasteiger partial charge in [0, 0.05) is 0 Å². The summed E-state index contributed by atoms with van der Waals surface area (Å²) < 4.78 is 0. The first-order chi connectivity index (χ1) is 6.09. The maximum atomic E-state index is 10.6. The molecule has 0 amide bonds. The Morgan fingerprint density at radius 3 is 2.23 bits per heavy atom. The molecule has 1 atom stereocenters. The van der Waals surface area contributed by atoms with E-state index >= 15 is 0 Å². The number of carboxylic acid groups (broad SMARTS) is 1. The Labute approximate surface area is 83.4 Å². The van der Waals surface area contributed by atoms with E-state index in [9.17, 15) is 4.79 Å². The molecule has 80 valence electrons. The predicted molar refractivity (Wildman–Crippen MR) is 56.5 cm³/mol. The van der Waals surface area contributed by atoms with Crippen LogP contribution in [0.5, 0.6) is 0 Å². The Bertz CT molecular complexity index is 133. The zero-order valence-electron chi connectivity index (χ0n) is 8.36. The minimum absolute atomic E-state index is 0.331. The fourth-order valence-corrected chi connectivity index (χ4v) is 1.29. The first kappa shape index (κ1) is 15.2. The lowest BCUT2D eigenvalue weighted by Crippen LogP contribution is -2.35. The van der Waals surface area contributed by atoms with Crippen molar-refractivity contribution >= 4 is 17.7 Å². The summed E-state index contributed by atoms with van der Waals surface area (Å²) in [5.41, 5.74) is 0. The van der Waals surface area contributed by atoms with E-state index in [1.54, 1.807) is 30.8 Å². The molecule has 0 aromatic rings. The van der Waals surface area contributed by atoms with Crippen LogP contribution in [0.1, 0.15) is 6.42 Å². The van der Waals surface area contributed by atoms with E-state index in [-0.39, 0.29) is 6.04 Å². The summed E-state index contributed by atoms with van der Waals surface area (Å²) >= 11 is 1.67. The lowest BCUT2D eigenvalue weighted by Gasteiger charge is -2.18. The number of hydrogen-bond donors (Lipinski definition) is 3. The summed E-state index contributed by atoms with van der Waals surface area (Å²) in [5.74, 6) is 8.17. The molecule has 0 radical (unpaired) electrons. The van der Waals surface area contributed by atoms with Gasteiger partial charge in [-0.1, -0.05) is 0 Å². The Morgan fingerprint density at radius 1 is 1.54 bits per heavy atom. The Kier molecular flexibility index (Phi) is 11.4. The molecule has 0 rings (SSSR count). The van der Waals surface area contributed by atoms with Crippen LogP contribution >= 0.6 is 11.8 Å². The van der Waals surface area contributed by atoms with Gasteiger partial charge in [-0.25, -0.2) is 0 Å². The predicted octanol–water partition coefficient (Wildman–Crippen LogP) is -0.427. The normalized spacial score (nSPS) is 11.8. The molecule has 0 saturated carbocycles. The van der Waals surface area contributed by atoms with E-state index in [2.05, 4.69) is 11.7 Å². The highest BCUT2D eigenvalue weighted by Gasteiger charge is 2.18. The number of thioether (sulfide) groups is 1. The fraction of sp³-hybridized carbons (Fsp3) is 0.857. The minimum atomic E-state index is -0.732. The highest BCUT2D eigenvalue weighted by atomic mass is 32.2. The second-order valence-electron chi connectivity index (χ2n) is 2.60. The second-order valence-corrected chi connectivity index (χ2v) is 3.58. The van der Waals surface area contributed by atoms with E-state index < -0.39 is 5.97 Å². The van der Waals surface area contributed by atoms with Crippen molar-refractivity contribution in [2.75, 3.05) is 26.1 Å². The second kappa shape index (κ2) is 9.79. The molecule has 0 aromatic carbocycles. The van der Waals surface area contributed by atoms with Gasteiger partial charge in [-0.2, -0.15) is 11.8 Å². The smallest absolute Gasteiger partial charge is 0.320 e. The van der Waals surface area contributed by atoms with Gasteiger partial charge < -0.3 is 5.11 Å². The van der Waals surface area contributed by atoms with E-state index in [4.69, 9.17) is 5.11 Å². The van der Waals surface area contributed by atoms with Crippen molar-refractivity contribution in [2.45, 2.75) is 12.5 Å². The van der Waals surface area contributed by atoms with Gasteiger partial charge in [0.1, 0.15) is 6.04 Å². The van der Waals surface area contributed by atoms with Crippen molar-refractivity contribution in [3.63, 3.8) is 0 Å². The van der Waals surface area contributed by atoms with Gasteiger partial charge in [0.2, 0.25) is 0 Å². The summed E-state index contributed by atoms with van der Waals surface area (Å²) in [6.45, 7) is 0. The van der Waals surface area contributed by atoms with Gasteiger partial charge in [0.15, 0.2) is 0 Å². The van der Waals surface area contributed by atoms with Crippen LogP contribution in [0.2, 0.25) is 0 Å². The highest BCUT2D eigenvalue weighted by Crippen LogP contribution is 2.04. The first-order valence-corrected chi connectivity index (χ1v) is 5.20. The molecule has 0 heterocycles. The van der Waals surface area contributed by atoms with Gasteiger partial charge >= 0.3 is 5.97 Å². The van der Waals surface area contributed by atoms with E-state index in [0.29, 0.717) is 6.42 Å². The molecular weight excluding hydrogens is 190 g/mol. The molecule has 0 saturated heterocycles. The number of nitrogens with two attached hydrogens (primary N) is 2. The molecule has 6 heteroatoms. The van der Waals surface area contributed by atoms with Crippen LogP contribution in [0.3, 0.4) is 0 Å². The Balaban J connectivity index is 0. The minimum Gasteiger partial charge on any atom is -0.480 e. The van der Waals surface area contributed by atoms with Crippen molar-refractivity contribution < 1.29 is 9.90 Å². The van der Waals surface area contributed by atoms with Crippen LogP contribution in [0.25, 0.3) is 0 Å². The maximum Gasteiger partial charge on any atom is 0.320 e. The van der Waals surface area contributed by atoms with Crippen LogP contribution in [-0.4, -0.2) is 48.1 Å². The summed E-state index contributed by atoms with van der Waals surface area (Å²) in [5, 5.41) is 8.72. The van der Waals surface area contributed by atoms with Crippen LogP contribution < -0.4 is 11.7 Å².